The molecule has 8 atom stereocenters. The van der Waals surface area contributed by atoms with Crippen molar-refractivity contribution in [3.05, 3.63) is 0 Å². The van der Waals surface area contributed by atoms with E-state index >= 15 is 0 Å². The molecular weight excluding hydrogens is 300 g/mol. The molecule has 1 saturated heterocycles. The average molecular weight is 330 g/mol. The fourth-order valence-electron chi connectivity index (χ4n) is 8.09. The third-order valence-corrected chi connectivity index (χ3v) is 9.30. The number of hydrogen-bond donors (Lipinski definition) is 0. The van der Waals surface area contributed by atoms with Crippen LogP contribution in [0.3, 0.4) is 0 Å². The summed E-state index contributed by atoms with van der Waals surface area (Å²) >= 11 is 0. The molecule has 4 aliphatic carbocycles. The van der Waals surface area contributed by atoms with Gasteiger partial charge in [-0.3, -0.25) is 9.59 Å². The molecule has 3 heteroatoms. The van der Waals surface area contributed by atoms with E-state index < -0.39 is 0 Å². The van der Waals surface area contributed by atoms with Gasteiger partial charge in [-0.1, -0.05) is 13.8 Å². The minimum Gasteiger partial charge on any atom is -0.462 e. The van der Waals surface area contributed by atoms with Gasteiger partial charge in [0.2, 0.25) is 0 Å². The molecule has 0 spiro atoms. The lowest BCUT2D eigenvalue weighted by Gasteiger charge is -2.61. The van der Waals surface area contributed by atoms with Crippen LogP contribution < -0.4 is 0 Å². The number of fused-ring (bicyclic) bond motifs is 7. The monoisotopic (exact) mass is 330 g/mol. The van der Waals surface area contributed by atoms with E-state index in [9.17, 15) is 9.59 Å². The Morgan fingerprint density at radius 2 is 1.67 bits per heavy atom. The highest BCUT2D eigenvalue weighted by molar-refractivity contribution is 5.87. The van der Waals surface area contributed by atoms with Crippen molar-refractivity contribution in [2.45, 2.75) is 77.7 Å². The van der Waals surface area contributed by atoms with Gasteiger partial charge in [-0.05, 0) is 74.0 Å². The highest BCUT2D eigenvalue weighted by Gasteiger charge is 2.62. The van der Waals surface area contributed by atoms with E-state index in [4.69, 9.17) is 4.74 Å². The van der Waals surface area contributed by atoms with Gasteiger partial charge in [0, 0.05) is 17.8 Å². The summed E-state index contributed by atoms with van der Waals surface area (Å²) < 4.78 is 5.61. The summed E-state index contributed by atoms with van der Waals surface area (Å²) in [4.78, 5) is 24.3. The number of rotatable bonds is 0. The fraction of sp³-hybridized carbons (Fsp3) is 0.905. The van der Waals surface area contributed by atoms with E-state index in [0.29, 0.717) is 35.4 Å². The van der Waals surface area contributed by atoms with Crippen molar-refractivity contribution in [3.63, 3.8) is 0 Å². The third kappa shape index (κ3) is 1.79. The fourth-order valence-corrected chi connectivity index (χ4v) is 8.09. The zero-order valence-corrected chi connectivity index (χ0v) is 15.1. The summed E-state index contributed by atoms with van der Waals surface area (Å²) in [5, 5.41) is 0. The molecule has 5 aliphatic rings. The van der Waals surface area contributed by atoms with E-state index in [1.807, 2.05) is 0 Å². The summed E-state index contributed by atoms with van der Waals surface area (Å²) in [5.41, 5.74) is 0.346. The number of hydrogen-bond acceptors (Lipinski definition) is 3. The minimum atomic E-state index is -0.0198. The van der Waals surface area contributed by atoms with Gasteiger partial charge in [-0.15, -0.1) is 0 Å². The molecule has 1 aliphatic heterocycles. The Morgan fingerprint density at radius 1 is 0.875 bits per heavy atom. The standard InChI is InChI=1S/C21H30O3/c1-20-10-8-17-13(11-19(23)24-17)15(20)4-3-12-14-5-6-18(22)21(14,2)9-7-16(12)20/h12-17H,3-11H2,1-2H3/t12-,13-,14-,15-,16-,17-,20-,21-/m0/s1. The van der Waals surface area contributed by atoms with Crippen LogP contribution in [0.1, 0.15) is 71.6 Å². The van der Waals surface area contributed by atoms with Gasteiger partial charge in [-0.25, -0.2) is 0 Å². The molecule has 4 saturated carbocycles. The van der Waals surface area contributed by atoms with Crippen molar-refractivity contribution >= 4 is 11.8 Å². The van der Waals surface area contributed by atoms with Gasteiger partial charge in [0.15, 0.2) is 0 Å². The topological polar surface area (TPSA) is 43.4 Å². The van der Waals surface area contributed by atoms with E-state index in [1.165, 1.54) is 25.7 Å². The predicted octanol–water partition coefficient (Wildman–Crippen LogP) is 4.14. The van der Waals surface area contributed by atoms with Gasteiger partial charge >= 0.3 is 5.97 Å². The average Bonchev–Trinajstić information content (AvgIpc) is 3.06. The summed E-state index contributed by atoms with van der Waals surface area (Å²) in [7, 11) is 0. The molecule has 0 unspecified atom stereocenters. The molecule has 5 fully saturated rings. The number of ketones is 1. The number of carbonyl (C=O) groups is 2. The Bertz CT molecular complexity index is 598. The normalized spacial score (nSPS) is 56.1. The van der Waals surface area contributed by atoms with Crippen molar-refractivity contribution < 1.29 is 14.3 Å². The summed E-state index contributed by atoms with van der Waals surface area (Å²) in [6, 6.07) is 0. The van der Waals surface area contributed by atoms with E-state index in [1.54, 1.807) is 0 Å². The van der Waals surface area contributed by atoms with Crippen LogP contribution in [0.25, 0.3) is 0 Å². The molecule has 3 nitrogen and oxygen atoms in total. The molecule has 5 rings (SSSR count). The molecule has 0 amide bonds. The van der Waals surface area contributed by atoms with Crippen LogP contribution in [0.15, 0.2) is 0 Å². The molecule has 0 N–H and O–H groups in total. The number of carbonyl (C=O) groups excluding carboxylic acids is 2. The van der Waals surface area contributed by atoms with Crippen LogP contribution in [-0.4, -0.2) is 17.9 Å². The van der Waals surface area contributed by atoms with E-state index in [0.717, 1.165) is 37.5 Å². The highest BCUT2D eigenvalue weighted by atomic mass is 16.5. The maximum atomic E-state index is 12.5. The van der Waals surface area contributed by atoms with E-state index in [-0.39, 0.29) is 17.5 Å². The quantitative estimate of drug-likeness (QED) is 0.627. The van der Waals surface area contributed by atoms with Gasteiger partial charge in [0.05, 0.1) is 6.42 Å². The smallest absolute Gasteiger partial charge is 0.306 e. The van der Waals surface area contributed by atoms with Crippen molar-refractivity contribution in [3.8, 4) is 0 Å². The lowest BCUT2D eigenvalue weighted by molar-refractivity contribution is -0.153. The molecule has 0 radical (unpaired) electrons. The zero-order chi connectivity index (χ0) is 16.7. The molecule has 0 bridgehead atoms. The second-order valence-electron chi connectivity index (χ2n) is 9.92. The van der Waals surface area contributed by atoms with Gasteiger partial charge < -0.3 is 4.74 Å². The summed E-state index contributed by atoms with van der Waals surface area (Å²) in [5.74, 6) is 3.83. The number of esters is 1. The Morgan fingerprint density at radius 3 is 2.50 bits per heavy atom. The zero-order valence-electron chi connectivity index (χ0n) is 15.1. The first-order valence-electron chi connectivity index (χ1n) is 10.2. The maximum absolute atomic E-state index is 12.5. The Labute approximate surface area is 144 Å². The number of Topliss-reactive ketones (excluding diaryl/α,β-unsaturated/α-hetero) is 1. The van der Waals surface area contributed by atoms with Crippen LogP contribution in [0.4, 0.5) is 0 Å². The molecule has 24 heavy (non-hydrogen) atoms. The van der Waals surface area contributed by atoms with Crippen molar-refractivity contribution in [2.75, 3.05) is 0 Å². The van der Waals surface area contributed by atoms with Crippen LogP contribution in [-0.2, 0) is 14.3 Å². The second kappa shape index (κ2) is 4.86. The SMILES string of the molecule is C[C@]12CC[C@@H]3OC(=O)C[C@H]3[C@@H]1CC[C@@H]1[C@@H]2CC[C@]2(C)C(=O)CC[C@@H]12. The van der Waals surface area contributed by atoms with Crippen LogP contribution >= 0.6 is 0 Å². The molecular formula is C21H30O3. The lowest BCUT2D eigenvalue weighted by Crippen LogP contribution is -2.56. The van der Waals surface area contributed by atoms with Crippen molar-refractivity contribution in [1.82, 2.24) is 0 Å². The number of ether oxygens (including phenoxy) is 1. The van der Waals surface area contributed by atoms with Gasteiger partial charge in [-0.2, -0.15) is 0 Å². The highest BCUT2D eigenvalue weighted by Crippen LogP contribution is 2.67. The largest absolute Gasteiger partial charge is 0.462 e. The molecule has 1 heterocycles. The predicted molar refractivity (Wildman–Crippen MR) is 90.1 cm³/mol. The van der Waals surface area contributed by atoms with E-state index in [2.05, 4.69) is 13.8 Å². The lowest BCUT2D eigenvalue weighted by atomic mass is 9.43. The van der Waals surface area contributed by atoms with Gasteiger partial charge in [0.25, 0.3) is 0 Å². The second-order valence-corrected chi connectivity index (χ2v) is 9.92. The van der Waals surface area contributed by atoms with Crippen LogP contribution in [0.5, 0.6) is 0 Å². The van der Waals surface area contributed by atoms with Crippen LogP contribution in [0.2, 0.25) is 0 Å². The molecule has 132 valence electrons. The van der Waals surface area contributed by atoms with Crippen LogP contribution in [0, 0.1) is 40.4 Å². The van der Waals surface area contributed by atoms with Crippen molar-refractivity contribution in [2.24, 2.45) is 40.4 Å². The first-order valence-corrected chi connectivity index (χ1v) is 10.2. The summed E-state index contributed by atoms with van der Waals surface area (Å²) in [6.07, 6.45) is 9.93. The Balaban J connectivity index is 1.46. The van der Waals surface area contributed by atoms with Crippen molar-refractivity contribution in [1.29, 1.82) is 0 Å². The molecule has 0 aromatic carbocycles. The first kappa shape index (κ1) is 15.4. The van der Waals surface area contributed by atoms with Gasteiger partial charge in [0.1, 0.15) is 11.9 Å². The molecule has 0 aromatic rings. The summed E-state index contributed by atoms with van der Waals surface area (Å²) in [6.45, 7) is 4.78. The Hall–Kier alpha value is -0.860. The maximum Gasteiger partial charge on any atom is 0.306 e. The molecule has 0 aromatic heterocycles. The third-order valence-electron chi connectivity index (χ3n) is 9.30. The minimum absolute atomic E-state index is 0.0198. The Kier molecular flexibility index (Phi) is 3.12. The first-order chi connectivity index (χ1) is 11.4.